The molecule has 0 unspecified atom stereocenters. The van der Waals surface area contributed by atoms with Crippen LogP contribution in [0.1, 0.15) is 24.0 Å². The van der Waals surface area contributed by atoms with Crippen LogP contribution in [0.3, 0.4) is 0 Å². The minimum absolute atomic E-state index is 0.0278. The summed E-state index contributed by atoms with van der Waals surface area (Å²) in [6, 6.07) is 5.17. The Morgan fingerprint density at radius 3 is 2.93 bits per heavy atom. The van der Waals surface area contributed by atoms with Gasteiger partial charge in [-0.05, 0) is 36.6 Å². The molecule has 3 heterocycles. The summed E-state index contributed by atoms with van der Waals surface area (Å²) in [6.07, 6.45) is -2.00. The van der Waals surface area contributed by atoms with E-state index in [-0.39, 0.29) is 36.7 Å². The van der Waals surface area contributed by atoms with E-state index in [4.69, 9.17) is 4.74 Å². The fourth-order valence-corrected chi connectivity index (χ4v) is 3.24. The standard InChI is InChI=1S/C18H18F3N5O2/c19-18(20,21)13-9-23-17(26-16(13)22-8-12-2-1-5-28-12)24-11-3-4-14-10(6-11)7-15(27)25-14/h3-4,6,9,12H,1-2,5,7-8H2,(H,25,27)(H2,22,23,24,26)/t12-/m0/s1. The molecule has 0 aliphatic carbocycles. The lowest BCUT2D eigenvalue weighted by atomic mass is 10.1. The molecule has 2 aliphatic heterocycles. The number of halogens is 3. The van der Waals surface area contributed by atoms with Crippen LogP contribution in [0.25, 0.3) is 0 Å². The van der Waals surface area contributed by atoms with E-state index in [9.17, 15) is 18.0 Å². The average Bonchev–Trinajstić information content (AvgIpc) is 3.27. The molecule has 2 aliphatic rings. The van der Waals surface area contributed by atoms with Crippen LogP contribution in [0, 0.1) is 0 Å². The Bertz CT molecular complexity index is 897. The van der Waals surface area contributed by atoms with E-state index >= 15 is 0 Å². The molecule has 10 heteroatoms. The van der Waals surface area contributed by atoms with Crippen molar-refractivity contribution >= 4 is 29.0 Å². The first-order valence-corrected chi connectivity index (χ1v) is 8.88. The number of alkyl halides is 3. The van der Waals surface area contributed by atoms with Gasteiger partial charge in [0.1, 0.15) is 11.4 Å². The van der Waals surface area contributed by atoms with Gasteiger partial charge in [-0.15, -0.1) is 0 Å². The van der Waals surface area contributed by atoms with Gasteiger partial charge in [0.15, 0.2) is 0 Å². The van der Waals surface area contributed by atoms with Crippen molar-refractivity contribution in [1.82, 2.24) is 9.97 Å². The van der Waals surface area contributed by atoms with Gasteiger partial charge in [0, 0.05) is 30.7 Å². The highest BCUT2D eigenvalue weighted by atomic mass is 19.4. The first-order valence-electron chi connectivity index (χ1n) is 8.88. The smallest absolute Gasteiger partial charge is 0.376 e. The molecule has 3 N–H and O–H groups in total. The summed E-state index contributed by atoms with van der Waals surface area (Å²) in [4.78, 5) is 19.3. The number of carbonyl (C=O) groups excluding carboxylic acids is 1. The fourth-order valence-electron chi connectivity index (χ4n) is 3.24. The molecule has 2 aromatic rings. The third-order valence-electron chi connectivity index (χ3n) is 4.60. The van der Waals surface area contributed by atoms with Crippen molar-refractivity contribution in [3.63, 3.8) is 0 Å². The maximum atomic E-state index is 13.3. The van der Waals surface area contributed by atoms with E-state index in [0.717, 1.165) is 30.3 Å². The summed E-state index contributed by atoms with van der Waals surface area (Å²) in [5.74, 6) is -0.364. The second-order valence-corrected chi connectivity index (χ2v) is 6.69. The molecule has 0 radical (unpaired) electrons. The van der Waals surface area contributed by atoms with Crippen molar-refractivity contribution in [2.75, 3.05) is 29.1 Å². The molecule has 148 valence electrons. The largest absolute Gasteiger partial charge is 0.421 e. The van der Waals surface area contributed by atoms with E-state index < -0.39 is 11.7 Å². The number of amides is 1. The van der Waals surface area contributed by atoms with Gasteiger partial charge < -0.3 is 20.7 Å². The lowest BCUT2D eigenvalue weighted by Gasteiger charge is -2.17. The van der Waals surface area contributed by atoms with Gasteiger partial charge in [0.2, 0.25) is 11.9 Å². The highest BCUT2D eigenvalue weighted by molar-refractivity contribution is 5.99. The number of hydrogen-bond acceptors (Lipinski definition) is 6. The lowest BCUT2D eigenvalue weighted by Crippen LogP contribution is -2.22. The molecule has 0 spiro atoms. The minimum atomic E-state index is -4.57. The molecule has 1 aromatic carbocycles. The molecule has 0 saturated carbocycles. The average molecular weight is 393 g/mol. The van der Waals surface area contributed by atoms with Crippen LogP contribution in [-0.4, -0.2) is 35.1 Å². The molecule has 1 atom stereocenters. The first kappa shape index (κ1) is 18.5. The van der Waals surface area contributed by atoms with E-state index in [1.807, 2.05) is 0 Å². The number of hydrogen-bond donors (Lipinski definition) is 3. The van der Waals surface area contributed by atoms with Crippen LogP contribution in [0.5, 0.6) is 0 Å². The molecule has 1 amide bonds. The SMILES string of the molecule is O=C1Cc2cc(Nc3ncc(C(F)(F)F)c(NC[C@@H]4CCCO4)n3)ccc2N1. The highest BCUT2D eigenvalue weighted by Crippen LogP contribution is 2.34. The zero-order valence-electron chi connectivity index (χ0n) is 14.8. The summed E-state index contributed by atoms with van der Waals surface area (Å²) in [6.45, 7) is 0.858. The highest BCUT2D eigenvalue weighted by Gasteiger charge is 2.35. The predicted octanol–water partition coefficient (Wildman–Crippen LogP) is 3.32. The molecule has 28 heavy (non-hydrogen) atoms. The van der Waals surface area contributed by atoms with Crippen molar-refractivity contribution in [2.24, 2.45) is 0 Å². The Kier molecular flexibility index (Phi) is 4.80. The Morgan fingerprint density at radius 2 is 2.18 bits per heavy atom. The number of ether oxygens (including phenoxy) is 1. The number of nitrogens with zero attached hydrogens (tertiary/aromatic N) is 2. The van der Waals surface area contributed by atoms with E-state index in [0.29, 0.717) is 12.3 Å². The first-order chi connectivity index (χ1) is 13.4. The van der Waals surface area contributed by atoms with E-state index in [1.165, 1.54) is 0 Å². The fraction of sp³-hybridized carbons (Fsp3) is 0.389. The maximum Gasteiger partial charge on any atom is 0.421 e. The second-order valence-electron chi connectivity index (χ2n) is 6.69. The normalized spacial score (nSPS) is 18.7. The number of anilines is 4. The van der Waals surface area contributed by atoms with Crippen LogP contribution >= 0.6 is 0 Å². The van der Waals surface area contributed by atoms with Gasteiger partial charge in [0.25, 0.3) is 0 Å². The van der Waals surface area contributed by atoms with Crippen molar-refractivity contribution in [3.8, 4) is 0 Å². The molecule has 1 aromatic heterocycles. The molecule has 0 bridgehead atoms. The number of aromatic nitrogens is 2. The van der Waals surface area contributed by atoms with Crippen molar-refractivity contribution in [1.29, 1.82) is 0 Å². The van der Waals surface area contributed by atoms with Gasteiger partial charge >= 0.3 is 6.18 Å². The summed E-state index contributed by atoms with van der Waals surface area (Å²) < 4.78 is 45.3. The molecule has 4 rings (SSSR count). The van der Waals surface area contributed by atoms with Gasteiger partial charge in [-0.2, -0.15) is 18.2 Å². The summed E-state index contributed by atoms with van der Waals surface area (Å²) in [5.41, 5.74) is 1.18. The van der Waals surface area contributed by atoms with E-state index in [2.05, 4.69) is 25.9 Å². The van der Waals surface area contributed by atoms with Crippen molar-refractivity contribution in [2.45, 2.75) is 31.5 Å². The number of carbonyl (C=O) groups is 1. The Morgan fingerprint density at radius 1 is 1.32 bits per heavy atom. The van der Waals surface area contributed by atoms with Gasteiger partial charge in [0.05, 0.1) is 12.5 Å². The molecule has 1 saturated heterocycles. The Labute approximate surface area is 158 Å². The number of fused-ring (bicyclic) bond motifs is 1. The summed E-state index contributed by atoms with van der Waals surface area (Å²) in [5, 5.41) is 8.36. The predicted molar refractivity (Wildman–Crippen MR) is 96.6 cm³/mol. The van der Waals surface area contributed by atoms with Crippen molar-refractivity contribution < 1.29 is 22.7 Å². The number of nitrogens with one attached hydrogen (secondary N) is 3. The quantitative estimate of drug-likeness (QED) is 0.722. The van der Waals surface area contributed by atoms with Crippen LogP contribution in [0.15, 0.2) is 24.4 Å². The number of rotatable bonds is 5. The molecular formula is C18H18F3N5O2. The number of benzene rings is 1. The summed E-state index contributed by atoms with van der Waals surface area (Å²) >= 11 is 0. The molecule has 1 fully saturated rings. The zero-order chi connectivity index (χ0) is 19.7. The maximum absolute atomic E-state index is 13.3. The third-order valence-corrected chi connectivity index (χ3v) is 4.60. The van der Waals surface area contributed by atoms with E-state index in [1.54, 1.807) is 18.2 Å². The van der Waals surface area contributed by atoms with Crippen molar-refractivity contribution in [3.05, 3.63) is 35.5 Å². The zero-order valence-corrected chi connectivity index (χ0v) is 14.8. The van der Waals surface area contributed by atoms with Gasteiger partial charge in [-0.3, -0.25) is 4.79 Å². The summed E-state index contributed by atoms with van der Waals surface area (Å²) in [7, 11) is 0. The molecule has 7 nitrogen and oxygen atoms in total. The van der Waals surface area contributed by atoms with Crippen LogP contribution in [0.2, 0.25) is 0 Å². The third kappa shape index (κ3) is 4.01. The Balaban J connectivity index is 1.54. The van der Waals surface area contributed by atoms with Crippen LogP contribution in [-0.2, 0) is 22.1 Å². The van der Waals surface area contributed by atoms with Gasteiger partial charge in [-0.1, -0.05) is 0 Å². The topological polar surface area (TPSA) is 88.2 Å². The monoisotopic (exact) mass is 393 g/mol. The molecular weight excluding hydrogens is 375 g/mol. The van der Waals surface area contributed by atoms with Gasteiger partial charge in [-0.25, -0.2) is 4.98 Å². The Hall–Kier alpha value is -2.88. The van der Waals surface area contributed by atoms with Crippen LogP contribution in [0.4, 0.5) is 36.3 Å². The second kappa shape index (κ2) is 7.27. The van der Waals surface area contributed by atoms with Crippen LogP contribution < -0.4 is 16.0 Å². The minimum Gasteiger partial charge on any atom is -0.376 e. The lowest BCUT2D eigenvalue weighted by molar-refractivity contribution is -0.137.